The van der Waals surface area contributed by atoms with Gasteiger partial charge in [-0.3, -0.25) is 4.98 Å². The second-order valence-corrected chi connectivity index (χ2v) is 4.25. The fraction of sp³-hybridized carbons (Fsp3) is 0.182. The highest BCUT2D eigenvalue weighted by Crippen LogP contribution is 2.28. The van der Waals surface area contributed by atoms with E-state index < -0.39 is 0 Å². The summed E-state index contributed by atoms with van der Waals surface area (Å²) in [6, 6.07) is 3.76. The third kappa shape index (κ3) is 2.33. The number of nitrogen functional groups attached to an aromatic ring is 1. The van der Waals surface area contributed by atoms with Crippen LogP contribution in [0.3, 0.4) is 0 Å². The summed E-state index contributed by atoms with van der Waals surface area (Å²) >= 11 is 1.64. The van der Waals surface area contributed by atoms with Gasteiger partial charge in [0.15, 0.2) is 0 Å². The Bertz CT molecular complexity index is 453. The van der Waals surface area contributed by atoms with E-state index in [1.165, 1.54) is 5.56 Å². The van der Waals surface area contributed by atoms with Crippen molar-refractivity contribution in [2.45, 2.75) is 17.6 Å². The first-order valence-corrected chi connectivity index (χ1v) is 5.61. The maximum atomic E-state index is 5.81. The van der Waals surface area contributed by atoms with Crippen LogP contribution in [0.1, 0.15) is 11.3 Å². The summed E-state index contributed by atoms with van der Waals surface area (Å²) in [4.78, 5) is 5.03. The van der Waals surface area contributed by atoms with E-state index in [2.05, 4.69) is 4.98 Å². The van der Waals surface area contributed by atoms with Gasteiger partial charge >= 0.3 is 0 Å². The Morgan fingerprint density at radius 3 is 3.00 bits per heavy atom. The van der Waals surface area contributed by atoms with Crippen molar-refractivity contribution in [3.05, 3.63) is 42.1 Å². The summed E-state index contributed by atoms with van der Waals surface area (Å²) in [5, 5.41) is 0. The van der Waals surface area contributed by atoms with Crippen LogP contribution in [-0.4, -0.2) is 4.98 Å². The van der Waals surface area contributed by atoms with Gasteiger partial charge in [0.05, 0.1) is 12.0 Å². The molecule has 0 saturated carbocycles. The molecule has 3 nitrogen and oxygen atoms in total. The molecule has 0 aliphatic rings. The molecule has 4 heteroatoms. The van der Waals surface area contributed by atoms with Crippen molar-refractivity contribution >= 4 is 17.4 Å². The van der Waals surface area contributed by atoms with E-state index >= 15 is 0 Å². The van der Waals surface area contributed by atoms with E-state index in [9.17, 15) is 0 Å². The fourth-order valence-electron chi connectivity index (χ4n) is 1.21. The van der Waals surface area contributed by atoms with Crippen LogP contribution in [-0.2, 0) is 5.75 Å². The number of rotatable bonds is 3. The maximum Gasteiger partial charge on any atom is 0.116 e. The van der Waals surface area contributed by atoms with Gasteiger partial charge in [0.2, 0.25) is 0 Å². The number of thioether (sulfide) groups is 1. The molecule has 2 N–H and O–H groups in total. The van der Waals surface area contributed by atoms with E-state index in [1.807, 2.05) is 13.0 Å². The molecular formula is C11H12N2OS. The minimum Gasteiger partial charge on any atom is -0.468 e. The van der Waals surface area contributed by atoms with Crippen molar-refractivity contribution in [3.63, 3.8) is 0 Å². The normalized spacial score (nSPS) is 10.5. The van der Waals surface area contributed by atoms with E-state index in [-0.39, 0.29) is 0 Å². The van der Waals surface area contributed by atoms with E-state index in [0.717, 1.165) is 22.1 Å². The Balaban J connectivity index is 2.06. The highest BCUT2D eigenvalue weighted by Gasteiger charge is 2.04. The summed E-state index contributed by atoms with van der Waals surface area (Å²) in [5.74, 6) is 1.78. The van der Waals surface area contributed by atoms with Crippen LogP contribution in [0.25, 0.3) is 0 Å². The standard InChI is InChI=1S/C11H12N2OS/c1-8-3-5-14-10(8)7-15-11-6-13-4-2-9(11)12/h2-6H,7H2,1H3,(H2,12,13). The van der Waals surface area contributed by atoms with Crippen LogP contribution in [0.2, 0.25) is 0 Å². The number of anilines is 1. The van der Waals surface area contributed by atoms with Gasteiger partial charge in [0, 0.05) is 23.0 Å². The minimum atomic E-state index is 0.763. The third-order valence-electron chi connectivity index (χ3n) is 2.14. The first kappa shape index (κ1) is 10.1. The van der Waals surface area contributed by atoms with Crippen LogP contribution in [0.15, 0.2) is 40.1 Å². The molecule has 0 atom stereocenters. The molecule has 2 aromatic rings. The molecule has 15 heavy (non-hydrogen) atoms. The second kappa shape index (κ2) is 4.40. The number of pyridine rings is 1. The van der Waals surface area contributed by atoms with E-state index in [1.54, 1.807) is 36.5 Å². The number of aryl methyl sites for hydroxylation is 1. The molecule has 0 aliphatic heterocycles. The monoisotopic (exact) mass is 220 g/mol. The Hall–Kier alpha value is -1.42. The lowest BCUT2D eigenvalue weighted by molar-refractivity contribution is 0.528. The molecule has 78 valence electrons. The first-order chi connectivity index (χ1) is 7.27. The molecule has 0 saturated heterocycles. The van der Waals surface area contributed by atoms with Crippen molar-refractivity contribution < 1.29 is 4.42 Å². The zero-order valence-electron chi connectivity index (χ0n) is 8.43. The lowest BCUT2D eigenvalue weighted by Gasteiger charge is -2.02. The molecule has 2 rings (SSSR count). The molecule has 0 aliphatic carbocycles. The van der Waals surface area contributed by atoms with Crippen molar-refractivity contribution in [2.75, 3.05) is 5.73 Å². The summed E-state index contributed by atoms with van der Waals surface area (Å²) in [6.07, 6.45) is 5.17. The largest absolute Gasteiger partial charge is 0.468 e. The minimum absolute atomic E-state index is 0.763. The van der Waals surface area contributed by atoms with E-state index in [0.29, 0.717) is 0 Å². The molecule has 0 spiro atoms. The molecule has 0 radical (unpaired) electrons. The predicted molar refractivity (Wildman–Crippen MR) is 61.7 cm³/mol. The number of furan rings is 1. The van der Waals surface area contributed by atoms with Gasteiger partial charge in [-0.1, -0.05) is 0 Å². The summed E-state index contributed by atoms with van der Waals surface area (Å²) in [7, 11) is 0. The van der Waals surface area contributed by atoms with Crippen LogP contribution < -0.4 is 5.73 Å². The lowest BCUT2D eigenvalue weighted by Crippen LogP contribution is -1.89. The molecule has 0 amide bonds. The van der Waals surface area contributed by atoms with Gasteiger partial charge in [0.1, 0.15) is 5.76 Å². The third-order valence-corrected chi connectivity index (χ3v) is 3.20. The van der Waals surface area contributed by atoms with Crippen LogP contribution in [0.5, 0.6) is 0 Å². The number of hydrogen-bond acceptors (Lipinski definition) is 4. The van der Waals surface area contributed by atoms with Crippen molar-refractivity contribution in [3.8, 4) is 0 Å². The van der Waals surface area contributed by atoms with Gasteiger partial charge < -0.3 is 10.2 Å². The van der Waals surface area contributed by atoms with Gasteiger partial charge in [-0.05, 0) is 24.6 Å². The average molecular weight is 220 g/mol. The van der Waals surface area contributed by atoms with Gasteiger partial charge in [0.25, 0.3) is 0 Å². The highest BCUT2D eigenvalue weighted by atomic mass is 32.2. The quantitative estimate of drug-likeness (QED) is 0.808. The van der Waals surface area contributed by atoms with Gasteiger partial charge in [-0.15, -0.1) is 11.8 Å². The molecular weight excluding hydrogens is 208 g/mol. The maximum absolute atomic E-state index is 5.81. The highest BCUT2D eigenvalue weighted by molar-refractivity contribution is 7.98. The Morgan fingerprint density at radius 1 is 1.47 bits per heavy atom. The molecule has 2 aromatic heterocycles. The molecule has 0 fully saturated rings. The zero-order chi connectivity index (χ0) is 10.7. The zero-order valence-corrected chi connectivity index (χ0v) is 9.25. The fourth-order valence-corrected chi connectivity index (χ4v) is 2.16. The van der Waals surface area contributed by atoms with E-state index in [4.69, 9.17) is 10.2 Å². The van der Waals surface area contributed by atoms with Crippen molar-refractivity contribution in [1.82, 2.24) is 4.98 Å². The van der Waals surface area contributed by atoms with Crippen LogP contribution in [0, 0.1) is 6.92 Å². The molecule has 0 bridgehead atoms. The smallest absolute Gasteiger partial charge is 0.116 e. The Kier molecular flexibility index (Phi) is 2.97. The van der Waals surface area contributed by atoms with Gasteiger partial charge in [-0.25, -0.2) is 0 Å². The molecule has 0 unspecified atom stereocenters. The van der Waals surface area contributed by atoms with Gasteiger partial charge in [-0.2, -0.15) is 0 Å². The Morgan fingerprint density at radius 2 is 2.33 bits per heavy atom. The number of nitrogens with two attached hydrogens (primary N) is 1. The number of aromatic nitrogens is 1. The predicted octanol–water partition coefficient (Wildman–Crippen LogP) is 2.86. The number of hydrogen-bond donors (Lipinski definition) is 1. The van der Waals surface area contributed by atoms with Crippen LogP contribution >= 0.6 is 11.8 Å². The molecule has 0 aromatic carbocycles. The lowest BCUT2D eigenvalue weighted by atomic mass is 10.3. The number of nitrogens with zero attached hydrogens (tertiary/aromatic N) is 1. The van der Waals surface area contributed by atoms with Crippen molar-refractivity contribution in [2.24, 2.45) is 0 Å². The first-order valence-electron chi connectivity index (χ1n) is 4.62. The van der Waals surface area contributed by atoms with Crippen LogP contribution in [0.4, 0.5) is 5.69 Å². The topological polar surface area (TPSA) is 52.0 Å². The SMILES string of the molecule is Cc1ccoc1CSc1cnccc1N. The average Bonchev–Trinajstić information content (AvgIpc) is 2.63. The van der Waals surface area contributed by atoms with Crippen molar-refractivity contribution in [1.29, 1.82) is 0 Å². The Labute approximate surface area is 92.7 Å². The summed E-state index contributed by atoms with van der Waals surface area (Å²) < 4.78 is 5.34. The summed E-state index contributed by atoms with van der Waals surface area (Å²) in [6.45, 7) is 2.03. The molecule has 2 heterocycles. The summed E-state index contributed by atoms with van der Waals surface area (Å²) in [5.41, 5.74) is 7.74. The second-order valence-electron chi connectivity index (χ2n) is 3.23.